The minimum absolute atomic E-state index is 0.196. The Hall–Kier alpha value is -3.41. The summed E-state index contributed by atoms with van der Waals surface area (Å²) in [5, 5.41) is 1.91. The van der Waals surface area contributed by atoms with E-state index >= 15 is 0 Å². The lowest BCUT2D eigenvalue weighted by atomic mass is 9.96. The van der Waals surface area contributed by atoms with Gasteiger partial charge in [-0.2, -0.15) is 0 Å². The third-order valence-electron chi connectivity index (χ3n) is 6.80. The van der Waals surface area contributed by atoms with Crippen LogP contribution in [0.4, 0.5) is 5.82 Å². The lowest BCUT2D eigenvalue weighted by Gasteiger charge is -2.40. The third-order valence-corrected chi connectivity index (χ3v) is 7.05. The van der Waals surface area contributed by atoms with E-state index in [0.29, 0.717) is 0 Å². The van der Waals surface area contributed by atoms with Crippen molar-refractivity contribution in [3.05, 3.63) is 101 Å². The number of benzene rings is 3. The number of H-pyrrole nitrogens is 1. The number of nitrogens with zero attached hydrogens (tertiary/aromatic N) is 4. The van der Waals surface area contributed by atoms with E-state index in [9.17, 15) is 0 Å². The number of hydrogen-bond acceptors (Lipinski definition) is 4. The molecule has 0 aliphatic carbocycles. The summed E-state index contributed by atoms with van der Waals surface area (Å²) < 4.78 is 0. The Labute approximate surface area is 204 Å². The molecule has 1 aliphatic heterocycles. The first kappa shape index (κ1) is 21.1. The second-order valence-electron chi connectivity index (χ2n) is 8.98. The maximum Gasteiger partial charge on any atom is 0.156 e. The average molecular weight is 468 g/mol. The quantitative estimate of drug-likeness (QED) is 0.353. The van der Waals surface area contributed by atoms with E-state index in [2.05, 4.69) is 87.4 Å². The smallest absolute Gasteiger partial charge is 0.156 e. The van der Waals surface area contributed by atoms with E-state index in [1.54, 1.807) is 6.33 Å². The molecule has 170 valence electrons. The van der Waals surface area contributed by atoms with Crippen molar-refractivity contribution in [1.82, 2.24) is 19.9 Å². The van der Waals surface area contributed by atoms with Gasteiger partial charge in [-0.3, -0.25) is 4.90 Å². The number of fused-ring (bicyclic) bond motifs is 3. The van der Waals surface area contributed by atoms with Gasteiger partial charge in [0.2, 0.25) is 0 Å². The number of nitrogens with one attached hydrogen (secondary N) is 1. The third kappa shape index (κ3) is 3.81. The number of hydrogen-bond donors (Lipinski definition) is 1. The van der Waals surface area contributed by atoms with Gasteiger partial charge in [-0.1, -0.05) is 66.2 Å². The molecule has 1 aliphatic rings. The van der Waals surface area contributed by atoms with Gasteiger partial charge in [-0.05, 0) is 41.8 Å². The van der Waals surface area contributed by atoms with Crippen LogP contribution in [0.5, 0.6) is 0 Å². The molecule has 0 saturated carbocycles. The molecule has 3 heterocycles. The van der Waals surface area contributed by atoms with Gasteiger partial charge < -0.3 is 9.88 Å². The van der Waals surface area contributed by atoms with Crippen LogP contribution in [0.15, 0.2) is 79.1 Å². The molecule has 6 heteroatoms. The zero-order valence-corrected chi connectivity index (χ0v) is 19.8. The second kappa shape index (κ2) is 8.75. The minimum Gasteiger partial charge on any atom is -0.352 e. The lowest BCUT2D eigenvalue weighted by Crippen LogP contribution is -2.48. The molecule has 1 atom stereocenters. The van der Waals surface area contributed by atoms with Gasteiger partial charge in [0.25, 0.3) is 0 Å². The molecule has 3 aromatic carbocycles. The first-order chi connectivity index (χ1) is 16.7. The number of aromatic nitrogens is 3. The van der Waals surface area contributed by atoms with Crippen LogP contribution in [0, 0.1) is 6.92 Å². The standard InChI is InChI=1S/C28H26ClN5/c1-19-7-12-23-24(17-19)32-26-25(23)30-18-31-28(26)34-15-13-33(14-16-34)27(20-5-3-2-4-6-20)21-8-10-22(29)11-9-21/h2-12,17-18,27,32H,13-16H2,1H3/t27-/m0/s1. The van der Waals surface area contributed by atoms with E-state index in [-0.39, 0.29) is 6.04 Å². The van der Waals surface area contributed by atoms with Crippen LogP contribution in [0.2, 0.25) is 5.02 Å². The largest absolute Gasteiger partial charge is 0.352 e. The van der Waals surface area contributed by atoms with Crippen molar-refractivity contribution in [1.29, 1.82) is 0 Å². The molecule has 5 nitrogen and oxygen atoms in total. The number of halogens is 1. The van der Waals surface area contributed by atoms with E-state index in [4.69, 9.17) is 16.6 Å². The van der Waals surface area contributed by atoms with Crippen LogP contribution in [-0.2, 0) is 0 Å². The lowest BCUT2D eigenvalue weighted by molar-refractivity contribution is 0.212. The Morgan fingerprint density at radius 2 is 1.59 bits per heavy atom. The molecule has 6 rings (SSSR count). The van der Waals surface area contributed by atoms with E-state index in [1.807, 2.05) is 12.1 Å². The van der Waals surface area contributed by atoms with E-state index in [0.717, 1.165) is 59.0 Å². The normalized spacial score (nSPS) is 15.8. The highest BCUT2D eigenvalue weighted by atomic mass is 35.5. The maximum atomic E-state index is 6.19. The van der Waals surface area contributed by atoms with Gasteiger partial charge in [0.15, 0.2) is 5.82 Å². The molecular weight excluding hydrogens is 442 g/mol. The second-order valence-corrected chi connectivity index (χ2v) is 9.42. The Kier molecular flexibility index (Phi) is 5.44. The zero-order valence-electron chi connectivity index (χ0n) is 19.1. The summed E-state index contributed by atoms with van der Waals surface area (Å²) in [6.45, 7) is 5.79. The van der Waals surface area contributed by atoms with Crippen LogP contribution in [-0.4, -0.2) is 46.0 Å². The zero-order chi connectivity index (χ0) is 23.1. The Bertz CT molecular complexity index is 1440. The van der Waals surface area contributed by atoms with Crippen molar-refractivity contribution >= 4 is 39.4 Å². The highest BCUT2D eigenvalue weighted by Gasteiger charge is 2.28. The molecular formula is C28H26ClN5. The summed E-state index contributed by atoms with van der Waals surface area (Å²) >= 11 is 6.19. The molecule has 0 amide bonds. The molecule has 0 radical (unpaired) electrons. The van der Waals surface area contributed by atoms with Gasteiger partial charge in [0.05, 0.1) is 6.04 Å². The fraction of sp³-hybridized carbons (Fsp3) is 0.214. The highest BCUT2D eigenvalue weighted by Crippen LogP contribution is 2.33. The summed E-state index contributed by atoms with van der Waals surface area (Å²) in [5.74, 6) is 0.987. The molecule has 1 saturated heterocycles. The molecule has 0 unspecified atom stereocenters. The predicted octanol–water partition coefficient (Wildman–Crippen LogP) is 5.98. The van der Waals surface area contributed by atoms with Gasteiger partial charge in [-0.15, -0.1) is 0 Å². The van der Waals surface area contributed by atoms with Crippen molar-refractivity contribution in [3.8, 4) is 0 Å². The Morgan fingerprint density at radius 1 is 0.853 bits per heavy atom. The van der Waals surface area contributed by atoms with Gasteiger partial charge in [0, 0.05) is 42.1 Å². The summed E-state index contributed by atoms with van der Waals surface area (Å²) in [4.78, 5) is 17.8. The molecule has 0 spiro atoms. The van der Waals surface area contributed by atoms with Gasteiger partial charge in [-0.25, -0.2) is 9.97 Å². The number of rotatable bonds is 4. The topological polar surface area (TPSA) is 48.1 Å². The number of anilines is 1. The molecule has 5 aromatic rings. The van der Waals surface area contributed by atoms with Crippen molar-refractivity contribution < 1.29 is 0 Å². The van der Waals surface area contributed by atoms with Crippen LogP contribution in [0.25, 0.3) is 21.9 Å². The summed E-state index contributed by atoms with van der Waals surface area (Å²) in [6.07, 6.45) is 1.69. The SMILES string of the molecule is Cc1ccc2c(c1)[nH]c1c(N3CCN([C@@H](c4ccccc4)c4ccc(Cl)cc4)CC3)ncnc12. The molecule has 34 heavy (non-hydrogen) atoms. The van der Waals surface area contributed by atoms with Crippen molar-refractivity contribution in [2.75, 3.05) is 31.1 Å². The number of aryl methyl sites for hydroxylation is 1. The summed E-state index contributed by atoms with van der Waals surface area (Å²) in [6, 6.07) is 25.6. The molecule has 0 bridgehead atoms. The molecule has 1 N–H and O–H groups in total. The van der Waals surface area contributed by atoms with Crippen molar-refractivity contribution in [3.63, 3.8) is 0 Å². The van der Waals surface area contributed by atoms with Crippen LogP contribution in [0.1, 0.15) is 22.7 Å². The van der Waals surface area contributed by atoms with E-state index in [1.165, 1.54) is 16.7 Å². The summed E-state index contributed by atoms with van der Waals surface area (Å²) in [7, 11) is 0. The van der Waals surface area contributed by atoms with Gasteiger partial charge in [0.1, 0.15) is 17.4 Å². The fourth-order valence-electron chi connectivity index (χ4n) is 5.12. The first-order valence-corrected chi connectivity index (χ1v) is 12.1. The number of piperazine rings is 1. The average Bonchev–Trinajstić information content (AvgIpc) is 3.24. The predicted molar refractivity (Wildman–Crippen MR) is 140 cm³/mol. The molecule has 1 fully saturated rings. The first-order valence-electron chi connectivity index (χ1n) is 11.7. The molecule has 2 aromatic heterocycles. The Morgan fingerprint density at radius 3 is 2.35 bits per heavy atom. The van der Waals surface area contributed by atoms with Crippen LogP contribution >= 0.6 is 11.6 Å². The van der Waals surface area contributed by atoms with Crippen molar-refractivity contribution in [2.24, 2.45) is 0 Å². The monoisotopic (exact) mass is 467 g/mol. The van der Waals surface area contributed by atoms with Gasteiger partial charge >= 0.3 is 0 Å². The highest BCUT2D eigenvalue weighted by molar-refractivity contribution is 6.30. The summed E-state index contributed by atoms with van der Waals surface area (Å²) in [5.41, 5.74) is 6.92. The van der Waals surface area contributed by atoms with E-state index < -0.39 is 0 Å². The van der Waals surface area contributed by atoms with Crippen molar-refractivity contribution in [2.45, 2.75) is 13.0 Å². The Balaban J connectivity index is 1.30. The maximum absolute atomic E-state index is 6.19. The van der Waals surface area contributed by atoms with Crippen LogP contribution < -0.4 is 4.90 Å². The van der Waals surface area contributed by atoms with Crippen LogP contribution in [0.3, 0.4) is 0 Å². The number of aromatic amines is 1. The minimum atomic E-state index is 0.196. The fourth-order valence-corrected chi connectivity index (χ4v) is 5.25.